The Labute approximate surface area is 154 Å². The van der Waals surface area contributed by atoms with Crippen LogP contribution in [0.5, 0.6) is 0 Å². The van der Waals surface area contributed by atoms with Gasteiger partial charge in [-0.05, 0) is 48.2 Å². The van der Waals surface area contributed by atoms with Crippen LogP contribution >= 0.6 is 0 Å². The van der Waals surface area contributed by atoms with Crippen LogP contribution in [0.1, 0.15) is 17.5 Å². The summed E-state index contributed by atoms with van der Waals surface area (Å²) in [5.41, 5.74) is 2.64. The molecule has 0 N–H and O–H groups in total. The summed E-state index contributed by atoms with van der Waals surface area (Å²) in [5.74, 6) is -0.0991. The number of carbonyl (C=O) groups excluding carboxylic acids is 1. The highest BCUT2D eigenvalue weighted by molar-refractivity contribution is 7.89. The Bertz CT molecular complexity index is 935. The second kappa shape index (κ2) is 7.43. The van der Waals surface area contributed by atoms with Crippen molar-refractivity contribution in [3.05, 3.63) is 65.7 Å². The minimum absolute atomic E-state index is 0.0991. The van der Waals surface area contributed by atoms with Gasteiger partial charge in [0.25, 0.3) is 5.91 Å². The molecule has 0 unspecified atom stereocenters. The average Bonchev–Trinajstić information content (AvgIpc) is 2.65. The lowest BCUT2D eigenvalue weighted by molar-refractivity contribution is -0.114. The van der Waals surface area contributed by atoms with E-state index in [4.69, 9.17) is 0 Å². The quantitative estimate of drug-likeness (QED) is 0.778. The summed E-state index contributed by atoms with van der Waals surface area (Å²) in [6, 6.07) is 14.6. The highest BCUT2D eigenvalue weighted by atomic mass is 32.2. The number of hydrogen-bond donors (Lipinski definition) is 0. The van der Waals surface area contributed by atoms with Crippen LogP contribution in [0, 0.1) is 0 Å². The zero-order valence-electron chi connectivity index (χ0n) is 14.9. The highest BCUT2D eigenvalue weighted by Crippen LogP contribution is 2.30. The molecule has 1 amide bonds. The van der Waals surface area contributed by atoms with Crippen LogP contribution in [-0.4, -0.2) is 39.3 Å². The van der Waals surface area contributed by atoms with Gasteiger partial charge in [0.15, 0.2) is 0 Å². The molecule has 3 rings (SSSR count). The summed E-state index contributed by atoms with van der Waals surface area (Å²) in [6.07, 6.45) is 4.93. The molecule has 0 radical (unpaired) electrons. The Hall–Kier alpha value is -2.44. The van der Waals surface area contributed by atoms with Crippen molar-refractivity contribution in [2.45, 2.75) is 17.7 Å². The van der Waals surface area contributed by atoms with Crippen LogP contribution in [0.15, 0.2) is 59.5 Å². The van der Waals surface area contributed by atoms with Crippen molar-refractivity contribution in [3.8, 4) is 0 Å². The molecule has 0 aliphatic carbocycles. The minimum Gasteiger partial charge on any atom is -0.309 e. The minimum atomic E-state index is -3.48. The molecule has 1 aliphatic rings. The fourth-order valence-electron chi connectivity index (χ4n) is 3.00. The average molecular weight is 370 g/mol. The maximum atomic E-state index is 12.6. The molecule has 6 heteroatoms. The van der Waals surface area contributed by atoms with E-state index in [1.807, 2.05) is 30.3 Å². The summed E-state index contributed by atoms with van der Waals surface area (Å²) >= 11 is 0. The van der Waals surface area contributed by atoms with Crippen LogP contribution in [0.25, 0.3) is 6.08 Å². The van der Waals surface area contributed by atoms with Gasteiger partial charge in [-0.3, -0.25) is 4.79 Å². The summed E-state index contributed by atoms with van der Waals surface area (Å²) in [5, 5.41) is 0. The van der Waals surface area contributed by atoms with E-state index in [2.05, 4.69) is 0 Å². The summed E-state index contributed by atoms with van der Waals surface area (Å²) in [7, 11) is -0.453. The molecule has 0 fully saturated rings. The Morgan fingerprint density at radius 3 is 2.54 bits per heavy atom. The Morgan fingerprint density at radius 1 is 1.12 bits per heavy atom. The zero-order valence-corrected chi connectivity index (χ0v) is 15.7. The first-order valence-electron chi connectivity index (χ1n) is 8.49. The Kier molecular flexibility index (Phi) is 5.25. The first-order valence-corrected chi connectivity index (χ1v) is 9.94. The van der Waals surface area contributed by atoms with E-state index in [-0.39, 0.29) is 10.8 Å². The number of amides is 1. The summed E-state index contributed by atoms with van der Waals surface area (Å²) in [4.78, 5) is 14.6. The molecule has 0 saturated heterocycles. The summed E-state index contributed by atoms with van der Waals surface area (Å²) in [6.45, 7) is 0.630. The fraction of sp³-hybridized carbons (Fsp3) is 0.250. The molecule has 0 bridgehead atoms. The SMILES string of the molecule is CN(C)S(=O)(=O)c1ccc2c(c1)CCCN2C(=O)/C=C/c1ccccc1. The van der Waals surface area contributed by atoms with E-state index in [1.165, 1.54) is 18.4 Å². The smallest absolute Gasteiger partial charge is 0.250 e. The van der Waals surface area contributed by atoms with Crippen molar-refractivity contribution in [3.63, 3.8) is 0 Å². The van der Waals surface area contributed by atoms with E-state index < -0.39 is 10.0 Å². The predicted molar refractivity (Wildman–Crippen MR) is 103 cm³/mol. The van der Waals surface area contributed by atoms with Gasteiger partial charge in [-0.2, -0.15) is 0 Å². The van der Waals surface area contributed by atoms with Crippen molar-refractivity contribution >= 4 is 27.7 Å². The molecule has 0 atom stereocenters. The van der Waals surface area contributed by atoms with Gasteiger partial charge >= 0.3 is 0 Å². The molecule has 0 aromatic heterocycles. The van der Waals surface area contributed by atoms with Crippen molar-refractivity contribution in [2.24, 2.45) is 0 Å². The summed E-state index contributed by atoms with van der Waals surface area (Å²) < 4.78 is 25.9. The van der Waals surface area contributed by atoms with Crippen molar-refractivity contribution in [1.29, 1.82) is 0 Å². The van der Waals surface area contributed by atoms with Gasteiger partial charge in [-0.25, -0.2) is 12.7 Å². The van der Waals surface area contributed by atoms with Crippen molar-refractivity contribution in [1.82, 2.24) is 4.31 Å². The van der Waals surface area contributed by atoms with Crippen LogP contribution in [0.2, 0.25) is 0 Å². The molecule has 2 aromatic rings. The lowest BCUT2D eigenvalue weighted by atomic mass is 10.0. The molecule has 2 aromatic carbocycles. The molecule has 1 heterocycles. The maximum Gasteiger partial charge on any atom is 0.250 e. The monoisotopic (exact) mass is 370 g/mol. The molecule has 1 aliphatic heterocycles. The molecule has 26 heavy (non-hydrogen) atoms. The van der Waals surface area contributed by atoms with Crippen LogP contribution in [0.3, 0.4) is 0 Å². The Morgan fingerprint density at radius 2 is 1.85 bits per heavy atom. The van der Waals surface area contributed by atoms with Gasteiger partial charge in [0, 0.05) is 32.4 Å². The lowest BCUT2D eigenvalue weighted by Gasteiger charge is -2.29. The fourth-order valence-corrected chi connectivity index (χ4v) is 3.95. The number of nitrogens with zero attached hydrogens (tertiary/aromatic N) is 2. The topological polar surface area (TPSA) is 57.7 Å². The number of carbonyl (C=O) groups is 1. The number of aryl methyl sites for hydroxylation is 1. The second-order valence-electron chi connectivity index (χ2n) is 6.42. The van der Waals surface area contributed by atoms with Crippen LogP contribution in [-0.2, 0) is 21.2 Å². The number of benzene rings is 2. The molecule has 5 nitrogen and oxygen atoms in total. The number of sulfonamides is 1. The maximum absolute atomic E-state index is 12.6. The first kappa shape index (κ1) is 18.4. The third-order valence-electron chi connectivity index (χ3n) is 4.43. The van der Waals surface area contributed by atoms with E-state index in [0.717, 1.165) is 29.7 Å². The van der Waals surface area contributed by atoms with E-state index in [9.17, 15) is 13.2 Å². The number of rotatable bonds is 4. The van der Waals surface area contributed by atoms with Crippen molar-refractivity contribution in [2.75, 3.05) is 25.5 Å². The van der Waals surface area contributed by atoms with E-state index in [0.29, 0.717) is 6.54 Å². The Balaban J connectivity index is 1.87. The van der Waals surface area contributed by atoms with E-state index >= 15 is 0 Å². The lowest BCUT2D eigenvalue weighted by Crippen LogP contribution is -2.34. The first-order chi connectivity index (χ1) is 12.4. The number of fused-ring (bicyclic) bond motifs is 1. The largest absolute Gasteiger partial charge is 0.309 e. The number of hydrogen-bond acceptors (Lipinski definition) is 3. The molecular formula is C20H22N2O3S. The van der Waals surface area contributed by atoms with Gasteiger partial charge in [0.1, 0.15) is 0 Å². The standard InChI is InChI=1S/C20H22N2O3S/c1-21(2)26(24,25)18-11-12-19-17(15-18)9-6-14-22(19)20(23)13-10-16-7-4-3-5-8-16/h3-5,7-8,10-13,15H,6,9,14H2,1-2H3/b13-10+. The van der Waals surface area contributed by atoms with Crippen molar-refractivity contribution < 1.29 is 13.2 Å². The second-order valence-corrected chi connectivity index (χ2v) is 8.57. The van der Waals surface area contributed by atoms with Gasteiger partial charge in [-0.15, -0.1) is 0 Å². The van der Waals surface area contributed by atoms with Crippen LogP contribution < -0.4 is 4.90 Å². The third kappa shape index (κ3) is 3.71. The highest BCUT2D eigenvalue weighted by Gasteiger charge is 2.24. The zero-order chi connectivity index (χ0) is 18.7. The number of anilines is 1. The molecule has 136 valence electrons. The van der Waals surface area contributed by atoms with Gasteiger partial charge in [0.05, 0.1) is 4.90 Å². The molecule has 0 spiro atoms. The van der Waals surface area contributed by atoms with E-state index in [1.54, 1.807) is 35.3 Å². The molecular weight excluding hydrogens is 348 g/mol. The third-order valence-corrected chi connectivity index (χ3v) is 6.24. The van der Waals surface area contributed by atoms with Gasteiger partial charge in [0.2, 0.25) is 10.0 Å². The molecule has 0 saturated carbocycles. The van der Waals surface area contributed by atoms with Gasteiger partial charge < -0.3 is 4.90 Å². The van der Waals surface area contributed by atoms with Crippen LogP contribution in [0.4, 0.5) is 5.69 Å². The normalized spacial score (nSPS) is 14.7. The predicted octanol–water partition coefficient (Wildman–Crippen LogP) is 2.93. The van der Waals surface area contributed by atoms with Gasteiger partial charge in [-0.1, -0.05) is 30.3 Å².